The Balaban J connectivity index is 1.83. The van der Waals surface area contributed by atoms with Gasteiger partial charge in [-0.1, -0.05) is 60.3 Å². The van der Waals surface area contributed by atoms with Crippen LogP contribution in [0, 0.1) is 0 Å². The van der Waals surface area contributed by atoms with Crippen LogP contribution < -0.4 is 10.1 Å². The van der Waals surface area contributed by atoms with Crippen molar-refractivity contribution >= 4 is 40.2 Å². The highest BCUT2D eigenvalue weighted by atomic mass is 32.2. The lowest BCUT2D eigenvalue weighted by Crippen LogP contribution is -2.33. The van der Waals surface area contributed by atoms with Gasteiger partial charge in [0.1, 0.15) is 18.5 Å². The number of thiocarbonyl (C=S) groups is 1. The van der Waals surface area contributed by atoms with Crippen LogP contribution in [0.1, 0.15) is 24.8 Å². The number of carbonyl (C=O) groups excluding carboxylic acids is 1. The van der Waals surface area contributed by atoms with Crippen LogP contribution in [0.3, 0.4) is 0 Å². The summed E-state index contributed by atoms with van der Waals surface area (Å²) in [6.45, 7) is 0.764. The topological polar surface area (TPSA) is 84.9 Å². The number of nitrogens with one attached hydrogen (secondary N) is 1. The zero-order chi connectivity index (χ0) is 21.6. The number of ether oxygens (including phenoxy) is 2. The molecule has 0 amide bonds. The third-order valence-electron chi connectivity index (χ3n) is 3.93. The Morgan fingerprint density at radius 3 is 2.37 bits per heavy atom. The van der Waals surface area contributed by atoms with E-state index >= 15 is 0 Å². The second-order valence-electron chi connectivity index (χ2n) is 6.42. The number of hydrogen-bond donors (Lipinski definition) is 2. The number of aliphatic carboxylic acids is 1. The van der Waals surface area contributed by atoms with Crippen LogP contribution in [-0.2, 0) is 20.9 Å². The molecule has 0 fully saturated rings. The van der Waals surface area contributed by atoms with Crippen molar-refractivity contribution in [2.75, 3.05) is 12.4 Å². The van der Waals surface area contributed by atoms with E-state index in [1.54, 1.807) is 0 Å². The van der Waals surface area contributed by atoms with Gasteiger partial charge in [0.15, 0.2) is 5.12 Å². The summed E-state index contributed by atoms with van der Waals surface area (Å²) < 4.78 is 11.6. The smallest absolute Gasteiger partial charge is 0.303 e. The molecular formula is C22H25NO5S2. The summed E-state index contributed by atoms with van der Waals surface area (Å²) in [6, 6.07) is 19.1. The fraction of sp³-hybridized carbons (Fsp3) is 0.318. The zero-order valence-corrected chi connectivity index (χ0v) is 18.1. The maximum atomic E-state index is 12.0. The number of rotatable bonds is 12. The minimum atomic E-state index is -0.903. The molecule has 6 nitrogen and oxygen atoms in total. The van der Waals surface area contributed by atoms with Crippen LogP contribution in [0.15, 0.2) is 60.7 Å². The second-order valence-corrected chi connectivity index (χ2v) is 7.87. The number of hydrogen-bond acceptors (Lipinski definition) is 6. The van der Waals surface area contributed by atoms with Gasteiger partial charge in [-0.2, -0.15) is 0 Å². The van der Waals surface area contributed by atoms with Crippen LogP contribution in [-0.4, -0.2) is 39.8 Å². The maximum Gasteiger partial charge on any atom is 0.303 e. The molecule has 0 saturated carbocycles. The first-order valence-electron chi connectivity index (χ1n) is 9.56. The molecule has 2 aromatic rings. The predicted octanol–water partition coefficient (Wildman–Crippen LogP) is 4.04. The fourth-order valence-corrected chi connectivity index (χ4v) is 3.46. The molecule has 0 bridgehead atoms. The molecule has 8 heteroatoms. The molecule has 0 saturated heterocycles. The Bertz CT molecular complexity index is 802. The van der Waals surface area contributed by atoms with Crippen molar-refractivity contribution in [3.8, 4) is 5.75 Å². The lowest BCUT2D eigenvalue weighted by atomic mass is 10.2. The van der Waals surface area contributed by atoms with E-state index in [9.17, 15) is 9.59 Å². The molecule has 1 atom stereocenters. The summed E-state index contributed by atoms with van der Waals surface area (Å²) in [5.41, 5.74) is 1.07. The van der Waals surface area contributed by atoms with E-state index < -0.39 is 12.1 Å². The van der Waals surface area contributed by atoms with E-state index in [-0.39, 0.29) is 29.7 Å². The van der Waals surface area contributed by atoms with Crippen molar-refractivity contribution < 1.29 is 24.2 Å². The van der Waals surface area contributed by atoms with Crippen molar-refractivity contribution in [3.05, 3.63) is 66.2 Å². The molecule has 0 radical (unpaired) electrons. The van der Waals surface area contributed by atoms with E-state index in [4.69, 9.17) is 26.8 Å². The lowest BCUT2D eigenvalue weighted by molar-refractivity contribution is -0.137. The van der Waals surface area contributed by atoms with Gasteiger partial charge >= 0.3 is 5.97 Å². The van der Waals surface area contributed by atoms with Crippen LogP contribution in [0.4, 0.5) is 0 Å². The van der Waals surface area contributed by atoms with E-state index in [0.717, 1.165) is 17.3 Å². The molecule has 0 heterocycles. The summed E-state index contributed by atoms with van der Waals surface area (Å²) in [5.74, 6) is 0.151. The minimum absolute atomic E-state index is 0.0170. The number of carboxylic acid groups (broad SMARTS) is 1. The molecule has 160 valence electrons. The number of carboxylic acids is 1. The van der Waals surface area contributed by atoms with E-state index in [1.165, 1.54) is 0 Å². The van der Waals surface area contributed by atoms with Gasteiger partial charge in [0, 0.05) is 25.1 Å². The summed E-state index contributed by atoms with van der Waals surface area (Å²) in [6.07, 6.45) is 0.0792. The van der Waals surface area contributed by atoms with Gasteiger partial charge in [0.05, 0.1) is 0 Å². The molecule has 0 aliphatic carbocycles. The van der Waals surface area contributed by atoms with Gasteiger partial charge < -0.3 is 19.9 Å². The molecule has 0 aliphatic rings. The molecule has 30 heavy (non-hydrogen) atoms. The number of carbonyl (C=O) groups is 2. The third kappa shape index (κ3) is 10.3. The number of thioether (sulfide) groups is 1. The van der Waals surface area contributed by atoms with Crippen molar-refractivity contribution in [2.45, 2.75) is 31.9 Å². The van der Waals surface area contributed by atoms with Crippen molar-refractivity contribution in [1.29, 1.82) is 0 Å². The van der Waals surface area contributed by atoms with Crippen LogP contribution in [0.5, 0.6) is 5.75 Å². The van der Waals surface area contributed by atoms with Gasteiger partial charge in [0.2, 0.25) is 0 Å². The maximum absolute atomic E-state index is 12.0. The Morgan fingerprint density at radius 1 is 1.03 bits per heavy atom. The van der Waals surface area contributed by atoms with Gasteiger partial charge in [-0.3, -0.25) is 9.59 Å². The van der Waals surface area contributed by atoms with Crippen molar-refractivity contribution in [1.82, 2.24) is 5.32 Å². The highest BCUT2D eigenvalue weighted by Crippen LogP contribution is 2.15. The highest BCUT2D eigenvalue weighted by molar-refractivity contribution is 8.13. The van der Waals surface area contributed by atoms with E-state index in [2.05, 4.69) is 5.32 Å². The SMILES string of the molecule is O=C(O)CCCC(=O)SCC(COc1ccccc1)OC(=S)NCc1ccccc1. The molecule has 0 aliphatic heterocycles. The normalized spacial score (nSPS) is 11.3. The first-order valence-corrected chi connectivity index (χ1v) is 11.0. The Hall–Kier alpha value is -2.58. The van der Waals surface area contributed by atoms with E-state index in [1.807, 2.05) is 60.7 Å². The predicted molar refractivity (Wildman–Crippen MR) is 122 cm³/mol. The average molecular weight is 448 g/mol. The molecule has 0 aromatic heterocycles. The third-order valence-corrected chi connectivity index (χ3v) is 5.24. The molecular weight excluding hydrogens is 422 g/mol. The monoisotopic (exact) mass is 447 g/mol. The molecule has 2 aromatic carbocycles. The zero-order valence-electron chi connectivity index (χ0n) is 16.5. The molecule has 1 unspecified atom stereocenters. The van der Waals surface area contributed by atoms with Crippen LogP contribution >= 0.6 is 24.0 Å². The van der Waals surface area contributed by atoms with Gasteiger partial charge in [-0.05, 0) is 36.3 Å². The highest BCUT2D eigenvalue weighted by Gasteiger charge is 2.16. The van der Waals surface area contributed by atoms with Crippen molar-refractivity contribution in [2.24, 2.45) is 0 Å². The first-order chi connectivity index (χ1) is 14.5. The number of benzene rings is 2. The summed E-state index contributed by atoms with van der Waals surface area (Å²) in [4.78, 5) is 22.6. The quantitative estimate of drug-likeness (QED) is 0.472. The standard InChI is InChI=1S/C22H25NO5S2/c24-20(25)12-7-13-21(26)30-16-19(15-27-18-10-5-2-6-11-18)28-22(29)23-14-17-8-3-1-4-9-17/h1-6,8-11,19H,7,12-16H2,(H,23,29)(H,24,25). The van der Waals surface area contributed by atoms with Gasteiger partial charge in [-0.15, -0.1) is 0 Å². The average Bonchev–Trinajstić information content (AvgIpc) is 2.75. The van der Waals surface area contributed by atoms with Gasteiger partial charge in [-0.25, -0.2) is 0 Å². The second kappa shape index (κ2) is 13.6. The van der Waals surface area contributed by atoms with Crippen LogP contribution in [0.2, 0.25) is 0 Å². The molecule has 0 spiro atoms. The Morgan fingerprint density at radius 2 is 1.70 bits per heavy atom. The Kier molecular flexibility index (Phi) is 10.7. The number of para-hydroxylation sites is 1. The molecule has 2 rings (SSSR count). The molecule has 2 N–H and O–H groups in total. The largest absolute Gasteiger partial charge is 0.490 e. The summed E-state index contributed by atoms with van der Waals surface area (Å²) >= 11 is 6.39. The summed E-state index contributed by atoms with van der Waals surface area (Å²) in [5, 5.41) is 11.9. The Labute approximate surface area is 186 Å². The van der Waals surface area contributed by atoms with Crippen LogP contribution in [0.25, 0.3) is 0 Å². The fourth-order valence-electron chi connectivity index (χ4n) is 2.43. The summed E-state index contributed by atoms with van der Waals surface area (Å²) in [7, 11) is 0. The van der Waals surface area contributed by atoms with E-state index in [0.29, 0.717) is 24.5 Å². The lowest BCUT2D eigenvalue weighted by Gasteiger charge is -2.20. The first kappa shape index (κ1) is 23.7. The minimum Gasteiger partial charge on any atom is -0.490 e. The van der Waals surface area contributed by atoms with Gasteiger partial charge in [0.25, 0.3) is 5.17 Å². The van der Waals surface area contributed by atoms with Crippen molar-refractivity contribution in [3.63, 3.8) is 0 Å².